The number of rotatable bonds is 3. The number of hydrogen-bond acceptors (Lipinski definition) is 3. The fourth-order valence-electron chi connectivity index (χ4n) is 5.16. The molecule has 0 saturated heterocycles. The summed E-state index contributed by atoms with van der Waals surface area (Å²) in [5.74, 6) is 0.00494. The van der Waals surface area contributed by atoms with Crippen molar-refractivity contribution in [3.8, 4) is 11.3 Å². The number of pyridine rings is 2. The van der Waals surface area contributed by atoms with Crippen molar-refractivity contribution in [2.75, 3.05) is 6.54 Å². The molecule has 6 rings (SSSR count). The van der Waals surface area contributed by atoms with Gasteiger partial charge < -0.3 is 4.90 Å². The average molecular weight is 456 g/mol. The number of benzene rings is 3. The Morgan fingerprint density at radius 1 is 0.857 bits per heavy atom. The summed E-state index contributed by atoms with van der Waals surface area (Å²) in [6, 6.07) is 32.4. The van der Waals surface area contributed by atoms with E-state index in [1.165, 1.54) is 16.7 Å². The average Bonchev–Trinajstić information content (AvgIpc) is 2.92. The number of amides is 1. The van der Waals surface area contributed by atoms with Crippen molar-refractivity contribution in [2.24, 2.45) is 0 Å². The van der Waals surface area contributed by atoms with Crippen LogP contribution in [0.25, 0.3) is 22.3 Å². The molecule has 1 aliphatic rings. The summed E-state index contributed by atoms with van der Waals surface area (Å²) >= 11 is 0. The number of hydrogen-bond donors (Lipinski definition) is 0. The van der Waals surface area contributed by atoms with Gasteiger partial charge in [-0.15, -0.1) is 0 Å². The van der Waals surface area contributed by atoms with Gasteiger partial charge in [-0.3, -0.25) is 4.79 Å². The van der Waals surface area contributed by atoms with Crippen molar-refractivity contribution in [3.63, 3.8) is 0 Å². The molecule has 0 fully saturated rings. The molecule has 1 amide bonds. The van der Waals surface area contributed by atoms with E-state index in [1.54, 1.807) is 6.20 Å². The van der Waals surface area contributed by atoms with Crippen LogP contribution < -0.4 is 0 Å². The van der Waals surface area contributed by atoms with Crippen LogP contribution in [-0.4, -0.2) is 27.3 Å². The van der Waals surface area contributed by atoms with Gasteiger partial charge in [0.1, 0.15) is 0 Å². The Labute approximate surface area is 204 Å². The quantitative estimate of drug-likeness (QED) is 0.317. The first-order valence-corrected chi connectivity index (χ1v) is 12.0. The number of aromatic nitrogens is 2. The first kappa shape index (κ1) is 21.2. The van der Waals surface area contributed by atoms with Crippen LogP contribution in [0.2, 0.25) is 0 Å². The third-order valence-corrected chi connectivity index (χ3v) is 6.91. The highest BCUT2D eigenvalue weighted by Crippen LogP contribution is 2.38. The number of aryl methyl sites for hydroxylation is 1. The minimum absolute atomic E-state index is 0.00494. The molecule has 4 heteroatoms. The first-order valence-electron chi connectivity index (χ1n) is 12.0. The van der Waals surface area contributed by atoms with Gasteiger partial charge in [0.2, 0.25) is 0 Å². The van der Waals surface area contributed by atoms with E-state index in [9.17, 15) is 4.79 Å². The topological polar surface area (TPSA) is 46.1 Å². The second-order valence-corrected chi connectivity index (χ2v) is 9.00. The van der Waals surface area contributed by atoms with E-state index in [0.717, 1.165) is 28.6 Å². The molecule has 0 N–H and O–H groups in total. The predicted octanol–water partition coefficient (Wildman–Crippen LogP) is 6.39. The molecule has 1 unspecified atom stereocenters. The van der Waals surface area contributed by atoms with Crippen molar-refractivity contribution < 1.29 is 4.79 Å². The summed E-state index contributed by atoms with van der Waals surface area (Å²) in [5.41, 5.74) is 7.78. The highest BCUT2D eigenvalue weighted by Gasteiger charge is 2.34. The maximum Gasteiger partial charge on any atom is 0.255 e. The zero-order chi connectivity index (χ0) is 23.8. The lowest BCUT2D eigenvalue weighted by Crippen LogP contribution is -2.41. The van der Waals surface area contributed by atoms with Gasteiger partial charge in [-0.25, -0.2) is 9.97 Å². The van der Waals surface area contributed by atoms with Crippen LogP contribution in [-0.2, 0) is 6.42 Å². The fraction of sp³-hybridized carbons (Fsp3) is 0.129. The molecule has 1 atom stereocenters. The lowest BCUT2D eigenvalue weighted by atomic mass is 9.86. The van der Waals surface area contributed by atoms with E-state index in [1.807, 2.05) is 59.5 Å². The van der Waals surface area contributed by atoms with E-state index in [-0.39, 0.29) is 11.9 Å². The van der Waals surface area contributed by atoms with Crippen LogP contribution >= 0.6 is 0 Å². The van der Waals surface area contributed by atoms with Gasteiger partial charge in [0.05, 0.1) is 17.3 Å². The number of carbonyl (C=O) groups is 1. The summed E-state index contributed by atoms with van der Waals surface area (Å²) in [6.45, 7) is 2.77. The van der Waals surface area contributed by atoms with Crippen LogP contribution in [0.4, 0.5) is 0 Å². The maximum atomic E-state index is 14.4. The Morgan fingerprint density at radius 3 is 2.43 bits per heavy atom. The van der Waals surface area contributed by atoms with Gasteiger partial charge in [0.25, 0.3) is 5.91 Å². The predicted molar refractivity (Wildman–Crippen MR) is 139 cm³/mol. The van der Waals surface area contributed by atoms with Gasteiger partial charge in [-0.05, 0) is 53.8 Å². The largest absolute Gasteiger partial charge is 0.327 e. The highest BCUT2D eigenvalue weighted by molar-refractivity contribution is 6.06. The molecule has 0 spiro atoms. The van der Waals surface area contributed by atoms with Crippen LogP contribution in [0.3, 0.4) is 0 Å². The van der Waals surface area contributed by atoms with Gasteiger partial charge in [0.15, 0.2) is 5.65 Å². The maximum absolute atomic E-state index is 14.4. The first-order chi connectivity index (χ1) is 17.2. The van der Waals surface area contributed by atoms with Crippen molar-refractivity contribution in [2.45, 2.75) is 19.4 Å². The summed E-state index contributed by atoms with van der Waals surface area (Å²) < 4.78 is 0. The van der Waals surface area contributed by atoms with E-state index in [2.05, 4.69) is 54.4 Å². The third kappa shape index (κ3) is 3.77. The highest BCUT2D eigenvalue weighted by atomic mass is 16.2. The van der Waals surface area contributed by atoms with Gasteiger partial charge >= 0.3 is 0 Å². The SMILES string of the molecule is Cc1ccccc1C1c2ccccc2CCN1C(=O)c1cc(-c2ccccc2)nc2ncccc12. The van der Waals surface area contributed by atoms with Crippen molar-refractivity contribution in [1.82, 2.24) is 14.9 Å². The molecule has 35 heavy (non-hydrogen) atoms. The Morgan fingerprint density at radius 2 is 1.60 bits per heavy atom. The normalized spacial score (nSPS) is 15.1. The molecule has 1 aliphatic heterocycles. The lowest BCUT2D eigenvalue weighted by Gasteiger charge is -2.38. The number of fused-ring (bicyclic) bond motifs is 2. The molecule has 5 aromatic rings. The van der Waals surface area contributed by atoms with E-state index >= 15 is 0 Å². The van der Waals surface area contributed by atoms with E-state index in [0.29, 0.717) is 17.8 Å². The molecule has 0 bridgehead atoms. The van der Waals surface area contributed by atoms with Gasteiger partial charge in [0, 0.05) is 23.7 Å². The molecule has 0 saturated carbocycles. The molecule has 3 heterocycles. The second kappa shape index (κ2) is 8.80. The lowest BCUT2D eigenvalue weighted by molar-refractivity contribution is 0.0696. The third-order valence-electron chi connectivity index (χ3n) is 6.91. The molecular weight excluding hydrogens is 430 g/mol. The summed E-state index contributed by atoms with van der Waals surface area (Å²) in [6.07, 6.45) is 2.56. The fourth-order valence-corrected chi connectivity index (χ4v) is 5.16. The minimum atomic E-state index is -0.145. The van der Waals surface area contributed by atoms with Crippen LogP contribution in [0.15, 0.2) is 103 Å². The molecule has 0 radical (unpaired) electrons. The molecule has 4 nitrogen and oxygen atoms in total. The summed E-state index contributed by atoms with van der Waals surface area (Å²) in [5, 5.41) is 0.777. The monoisotopic (exact) mass is 455 g/mol. The zero-order valence-corrected chi connectivity index (χ0v) is 19.6. The Balaban J connectivity index is 1.53. The number of nitrogens with zero attached hydrogens (tertiary/aromatic N) is 3. The Bertz CT molecular complexity index is 1540. The van der Waals surface area contributed by atoms with Crippen LogP contribution in [0.1, 0.15) is 38.7 Å². The van der Waals surface area contributed by atoms with Crippen molar-refractivity contribution in [3.05, 3.63) is 131 Å². The van der Waals surface area contributed by atoms with Crippen molar-refractivity contribution >= 4 is 16.9 Å². The van der Waals surface area contributed by atoms with Crippen LogP contribution in [0, 0.1) is 6.92 Å². The second-order valence-electron chi connectivity index (χ2n) is 9.00. The Hall–Kier alpha value is -4.31. The molecule has 2 aromatic heterocycles. The Kier molecular flexibility index (Phi) is 5.34. The standard InChI is InChI=1S/C31H25N3O/c1-21-10-5-7-14-24(21)29-25-15-8-6-11-22(25)17-19-34(29)31(35)27-20-28(23-12-3-2-4-13-23)33-30-26(27)16-9-18-32-30/h2-16,18,20,29H,17,19H2,1H3. The van der Waals surface area contributed by atoms with E-state index < -0.39 is 0 Å². The summed E-state index contributed by atoms with van der Waals surface area (Å²) in [7, 11) is 0. The number of carbonyl (C=O) groups excluding carboxylic acids is 1. The van der Waals surface area contributed by atoms with Crippen LogP contribution in [0.5, 0.6) is 0 Å². The molecule has 0 aliphatic carbocycles. The minimum Gasteiger partial charge on any atom is -0.327 e. The summed E-state index contributed by atoms with van der Waals surface area (Å²) in [4.78, 5) is 25.7. The van der Waals surface area contributed by atoms with E-state index in [4.69, 9.17) is 4.98 Å². The molecule has 170 valence electrons. The van der Waals surface area contributed by atoms with Crippen molar-refractivity contribution in [1.29, 1.82) is 0 Å². The smallest absolute Gasteiger partial charge is 0.255 e. The van der Waals surface area contributed by atoms with Gasteiger partial charge in [-0.2, -0.15) is 0 Å². The molecular formula is C31H25N3O. The zero-order valence-electron chi connectivity index (χ0n) is 19.6. The molecule has 3 aromatic carbocycles. The van der Waals surface area contributed by atoms with Gasteiger partial charge in [-0.1, -0.05) is 78.9 Å².